The highest BCUT2D eigenvalue weighted by Gasteiger charge is 2.25. The zero-order valence-corrected chi connectivity index (χ0v) is 15.3. The maximum atomic E-state index is 12.2. The van der Waals surface area contributed by atoms with Gasteiger partial charge in [0.1, 0.15) is 0 Å². The van der Waals surface area contributed by atoms with Gasteiger partial charge in [0, 0.05) is 29.4 Å². The quantitative estimate of drug-likeness (QED) is 0.736. The Morgan fingerprint density at radius 1 is 1.07 bits per heavy atom. The molecule has 4 rings (SSSR count). The fourth-order valence-electron chi connectivity index (χ4n) is 4.14. The molecule has 1 fully saturated rings. The van der Waals surface area contributed by atoms with E-state index in [2.05, 4.69) is 4.98 Å². The first-order valence-corrected chi connectivity index (χ1v) is 9.54. The van der Waals surface area contributed by atoms with E-state index in [0.29, 0.717) is 11.5 Å². The van der Waals surface area contributed by atoms with Gasteiger partial charge in [0.15, 0.2) is 0 Å². The van der Waals surface area contributed by atoms with Crippen molar-refractivity contribution >= 4 is 16.8 Å². The molecule has 3 aromatic rings. The van der Waals surface area contributed by atoms with Gasteiger partial charge in [-0.3, -0.25) is 14.8 Å². The third-order valence-electron chi connectivity index (χ3n) is 5.62. The molecule has 0 bridgehead atoms. The molecule has 2 aromatic heterocycles. The second-order valence-electron chi connectivity index (χ2n) is 7.32. The molecule has 4 N–H and O–H groups in total. The van der Waals surface area contributed by atoms with Crippen LogP contribution in [0.4, 0.5) is 0 Å². The molecule has 1 aliphatic carbocycles. The molecule has 1 atom stereocenters. The molecule has 0 aliphatic heterocycles. The van der Waals surface area contributed by atoms with Crippen LogP contribution in [0.25, 0.3) is 22.0 Å². The Hall–Kier alpha value is -2.79. The summed E-state index contributed by atoms with van der Waals surface area (Å²) >= 11 is 0. The van der Waals surface area contributed by atoms with Crippen molar-refractivity contribution in [2.75, 3.05) is 0 Å². The van der Waals surface area contributed by atoms with Crippen LogP contribution in [-0.4, -0.2) is 15.9 Å². The number of para-hydroxylation sites is 1. The van der Waals surface area contributed by atoms with Crippen LogP contribution in [0.5, 0.6) is 0 Å². The average molecular weight is 360 g/mol. The van der Waals surface area contributed by atoms with Crippen LogP contribution in [-0.2, 0) is 0 Å². The lowest BCUT2D eigenvalue weighted by Gasteiger charge is -2.27. The third-order valence-corrected chi connectivity index (χ3v) is 5.62. The van der Waals surface area contributed by atoms with Crippen molar-refractivity contribution < 1.29 is 4.79 Å². The summed E-state index contributed by atoms with van der Waals surface area (Å²) in [7, 11) is 0. The Morgan fingerprint density at radius 3 is 2.52 bits per heavy atom. The standard InChI is InChI=1S/C22H24N4O/c23-20(15-5-2-1-3-6-15)19-13-18(22(24)27)17-8-4-7-16(21(17)26-19)14-9-11-25-12-10-14/h4,7-13,15,20H,1-3,5-6,23H2,(H2,24,27). The number of amides is 1. The smallest absolute Gasteiger partial charge is 0.249 e. The summed E-state index contributed by atoms with van der Waals surface area (Å²) < 4.78 is 0. The van der Waals surface area contributed by atoms with Gasteiger partial charge in [0.2, 0.25) is 5.91 Å². The molecule has 1 unspecified atom stereocenters. The minimum Gasteiger partial charge on any atom is -0.366 e. The van der Waals surface area contributed by atoms with Gasteiger partial charge in [0.25, 0.3) is 0 Å². The highest BCUT2D eigenvalue weighted by Crippen LogP contribution is 2.35. The maximum absolute atomic E-state index is 12.2. The summed E-state index contributed by atoms with van der Waals surface area (Å²) in [6.45, 7) is 0. The minimum absolute atomic E-state index is 0.182. The molecule has 5 heteroatoms. The van der Waals surface area contributed by atoms with E-state index in [0.717, 1.165) is 40.6 Å². The van der Waals surface area contributed by atoms with Crippen LogP contribution in [0, 0.1) is 5.92 Å². The van der Waals surface area contributed by atoms with Gasteiger partial charge in [-0.15, -0.1) is 0 Å². The van der Waals surface area contributed by atoms with Crippen LogP contribution < -0.4 is 11.5 Å². The average Bonchev–Trinajstić information content (AvgIpc) is 2.73. The molecule has 27 heavy (non-hydrogen) atoms. The number of aromatic nitrogens is 2. The van der Waals surface area contributed by atoms with E-state index in [1.165, 1.54) is 19.3 Å². The number of nitrogens with two attached hydrogens (primary N) is 2. The zero-order chi connectivity index (χ0) is 18.8. The molecule has 0 saturated heterocycles. The summed E-state index contributed by atoms with van der Waals surface area (Å²) in [6.07, 6.45) is 9.40. The SMILES string of the molecule is NC(=O)c1cc(C(N)C2CCCCC2)nc2c(-c3ccncc3)cccc12. The van der Waals surface area contributed by atoms with E-state index in [4.69, 9.17) is 16.5 Å². The third kappa shape index (κ3) is 3.43. The van der Waals surface area contributed by atoms with E-state index in [1.807, 2.05) is 30.3 Å². The van der Waals surface area contributed by atoms with Gasteiger partial charge in [-0.25, -0.2) is 0 Å². The Labute approximate surface area is 158 Å². The molecule has 0 radical (unpaired) electrons. The molecule has 1 amide bonds. The van der Waals surface area contributed by atoms with Crippen LogP contribution in [0.1, 0.15) is 54.2 Å². The van der Waals surface area contributed by atoms with Crippen molar-refractivity contribution in [2.45, 2.75) is 38.1 Å². The van der Waals surface area contributed by atoms with Gasteiger partial charge in [-0.2, -0.15) is 0 Å². The van der Waals surface area contributed by atoms with Crippen molar-refractivity contribution in [3.05, 3.63) is 60.0 Å². The summed E-state index contributed by atoms with van der Waals surface area (Å²) in [5.41, 5.74) is 16.3. The van der Waals surface area contributed by atoms with Crippen molar-refractivity contribution in [1.82, 2.24) is 9.97 Å². The number of rotatable bonds is 4. The van der Waals surface area contributed by atoms with Crippen molar-refractivity contribution in [2.24, 2.45) is 17.4 Å². The van der Waals surface area contributed by atoms with Crippen molar-refractivity contribution in [3.8, 4) is 11.1 Å². The lowest BCUT2D eigenvalue weighted by Crippen LogP contribution is -2.25. The van der Waals surface area contributed by atoms with E-state index >= 15 is 0 Å². The zero-order valence-electron chi connectivity index (χ0n) is 15.3. The van der Waals surface area contributed by atoms with E-state index < -0.39 is 5.91 Å². The number of nitrogens with zero attached hydrogens (tertiary/aromatic N) is 2. The van der Waals surface area contributed by atoms with Crippen LogP contribution in [0.3, 0.4) is 0 Å². The number of primary amides is 1. The fraction of sp³-hybridized carbons (Fsp3) is 0.318. The summed E-state index contributed by atoms with van der Waals surface area (Å²) in [6, 6.07) is 11.3. The summed E-state index contributed by atoms with van der Waals surface area (Å²) in [4.78, 5) is 21.2. The Kier molecular flexibility index (Phi) is 4.86. The first-order chi connectivity index (χ1) is 13.1. The van der Waals surface area contributed by atoms with Gasteiger partial charge in [-0.05, 0) is 42.5 Å². The highest BCUT2D eigenvalue weighted by atomic mass is 16.1. The molecular formula is C22H24N4O. The Balaban J connectivity index is 1.89. The summed E-state index contributed by atoms with van der Waals surface area (Å²) in [5.74, 6) is -0.0520. The number of hydrogen-bond donors (Lipinski definition) is 2. The lowest BCUT2D eigenvalue weighted by atomic mass is 9.82. The van der Waals surface area contributed by atoms with E-state index in [9.17, 15) is 4.79 Å². The first kappa shape index (κ1) is 17.6. The molecule has 1 aliphatic rings. The van der Waals surface area contributed by atoms with E-state index in [1.54, 1.807) is 18.5 Å². The Morgan fingerprint density at radius 2 is 1.81 bits per heavy atom. The number of hydrogen-bond acceptors (Lipinski definition) is 4. The predicted octanol–water partition coefficient (Wildman–Crippen LogP) is 3.98. The molecular weight excluding hydrogens is 336 g/mol. The van der Waals surface area contributed by atoms with E-state index in [-0.39, 0.29) is 6.04 Å². The molecule has 1 aromatic carbocycles. The second-order valence-corrected chi connectivity index (χ2v) is 7.32. The minimum atomic E-state index is -0.452. The Bertz CT molecular complexity index is 965. The highest BCUT2D eigenvalue weighted by molar-refractivity contribution is 6.08. The number of pyridine rings is 2. The van der Waals surface area contributed by atoms with Gasteiger partial charge in [0.05, 0.1) is 16.8 Å². The topological polar surface area (TPSA) is 94.9 Å². The largest absolute Gasteiger partial charge is 0.366 e. The normalized spacial score (nSPS) is 16.3. The number of carbonyl (C=O) groups is 1. The molecule has 1 saturated carbocycles. The predicted molar refractivity (Wildman–Crippen MR) is 107 cm³/mol. The first-order valence-electron chi connectivity index (χ1n) is 9.54. The van der Waals surface area contributed by atoms with Gasteiger partial charge in [-0.1, -0.05) is 37.5 Å². The molecule has 0 spiro atoms. The van der Waals surface area contributed by atoms with Gasteiger partial charge < -0.3 is 11.5 Å². The number of benzene rings is 1. The van der Waals surface area contributed by atoms with Crippen LogP contribution in [0.2, 0.25) is 0 Å². The number of carbonyl (C=O) groups excluding carboxylic acids is 1. The van der Waals surface area contributed by atoms with Crippen molar-refractivity contribution in [1.29, 1.82) is 0 Å². The van der Waals surface area contributed by atoms with Gasteiger partial charge >= 0.3 is 0 Å². The second kappa shape index (κ2) is 7.45. The van der Waals surface area contributed by atoms with Crippen molar-refractivity contribution in [3.63, 3.8) is 0 Å². The fourth-order valence-corrected chi connectivity index (χ4v) is 4.14. The van der Waals surface area contributed by atoms with Crippen LogP contribution in [0.15, 0.2) is 48.8 Å². The maximum Gasteiger partial charge on any atom is 0.249 e. The molecule has 5 nitrogen and oxygen atoms in total. The monoisotopic (exact) mass is 360 g/mol. The lowest BCUT2D eigenvalue weighted by molar-refractivity contribution is 0.100. The molecule has 2 heterocycles. The molecule has 138 valence electrons. The number of fused-ring (bicyclic) bond motifs is 1. The summed E-state index contributed by atoms with van der Waals surface area (Å²) in [5, 5.41) is 0.761. The van der Waals surface area contributed by atoms with Crippen LogP contribution >= 0.6 is 0 Å².